The van der Waals surface area contributed by atoms with Crippen LogP contribution in [0.4, 0.5) is 0 Å². The van der Waals surface area contributed by atoms with E-state index < -0.39 is 12.0 Å². The maximum atomic E-state index is 9.81. The molecule has 0 saturated heterocycles. The minimum atomic E-state index is -0.562. The zero-order chi connectivity index (χ0) is 5.86. The van der Waals surface area contributed by atoms with Crippen molar-refractivity contribution in [3.63, 3.8) is 0 Å². The zero-order valence-electron chi connectivity index (χ0n) is 3.89. The molecular weight excluding hydrogens is 96.0 g/mol. The van der Waals surface area contributed by atoms with Gasteiger partial charge in [0.25, 0.3) is 6.02 Å². The summed E-state index contributed by atoms with van der Waals surface area (Å²) >= 11 is 0. The number of ether oxygens (including phenoxy) is 1. The Morgan fingerprint density at radius 1 is 1.86 bits per heavy atom. The van der Waals surface area contributed by atoms with Gasteiger partial charge in [0.05, 0.1) is 0 Å². The van der Waals surface area contributed by atoms with Gasteiger partial charge >= 0.3 is 5.97 Å². The van der Waals surface area contributed by atoms with Gasteiger partial charge in [-0.1, -0.05) is 0 Å². The minimum absolute atomic E-state index is 0.562. The lowest BCUT2D eigenvalue weighted by Gasteiger charge is -1.91. The normalized spacial score (nSPS) is 7.57. The molecule has 7 heavy (non-hydrogen) atoms. The first-order valence-electron chi connectivity index (χ1n) is 1.65. The predicted molar refractivity (Wildman–Crippen MR) is 23.7 cm³/mol. The highest BCUT2D eigenvalue weighted by Crippen LogP contribution is 1.68. The number of esters is 1. The lowest BCUT2D eigenvalue weighted by Crippen LogP contribution is -2.16. The highest BCUT2D eigenvalue weighted by atomic mass is 16.5. The van der Waals surface area contributed by atoms with Gasteiger partial charge in [0, 0.05) is 6.92 Å². The van der Waals surface area contributed by atoms with E-state index in [4.69, 9.17) is 5.41 Å². The quantitative estimate of drug-likeness (QED) is 0.244. The van der Waals surface area contributed by atoms with Crippen LogP contribution in [0.2, 0.25) is 0 Å². The monoisotopic (exact) mass is 102 g/mol. The molecule has 0 aliphatic heterocycles. The van der Waals surface area contributed by atoms with Crippen LogP contribution >= 0.6 is 0 Å². The van der Waals surface area contributed by atoms with E-state index in [0.717, 1.165) is 0 Å². The summed E-state index contributed by atoms with van der Waals surface area (Å²) in [5.74, 6) is -0.562. The molecule has 4 heteroatoms. The molecule has 3 N–H and O–H groups in total. The fourth-order valence-electron chi connectivity index (χ4n) is 0.155. The van der Waals surface area contributed by atoms with Gasteiger partial charge in [-0.05, 0) is 0 Å². The third-order valence-electron chi connectivity index (χ3n) is 0.254. The Bertz CT molecular complexity index is 87.1. The maximum Gasteiger partial charge on any atom is 0.310 e. The van der Waals surface area contributed by atoms with E-state index in [0.29, 0.717) is 0 Å². The standard InChI is InChI=1S/C3H6N2O2/c1-2(6)7-3(4)5/h1H3,(H3,4,5). The molecule has 0 aromatic heterocycles. The molecule has 0 radical (unpaired) electrons. The first-order valence-corrected chi connectivity index (χ1v) is 1.65. The molecular formula is C3H6N2O2. The van der Waals surface area contributed by atoms with Crippen LogP contribution in [0.1, 0.15) is 6.92 Å². The lowest BCUT2D eigenvalue weighted by atomic mass is 10.8. The second kappa shape index (κ2) is 2.17. The zero-order valence-corrected chi connectivity index (χ0v) is 3.89. The van der Waals surface area contributed by atoms with E-state index in [9.17, 15) is 4.79 Å². The fourth-order valence-corrected chi connectivity index (χ4v) is 0.155. The smallest absolute Gasteiger partial charge is 0.310 e. The summed E-state index contributed by atoms with van der Waals surface area (Å²) in [6.07, 6.45) is 0. The Balaban J connectivity index is 3.32. The second-order valence-corrected chi connectivity index (χ2v) is 0.958. The lowest BCUT2D eigenvalue weighted by molar-refractivity contribution is -0.133. The van der Waals surface area contributed by atoms with Crippen LogP contribution in [-0.2, 0) is 9.53 Å². The molecule has 0 heterocycles. The molecule has 0 aliphatic carbocycles. The summed E-state index contributed by atoms with van der Waals surface area (Å²) < 4.78 is 3.97. The van der Waals surface area contributed by atoms with Crippen molar-refractivity contribution in [2.75, 3.05) is 0 Å². The summed E-state index contributed by atoms with van der Waals surface area (Å²) in [6, 6.07) is -0.562. The molecule has 0 aliphatic rings. The Morgan fingerprint density at radius 3 is 2.29 bits per heavy atom. The van der Waals surface area contributed by atoms with E-state index >= 15 is 0 Å². The largest absolute Gasteiger partial charge is 0.393 e. The molecule has 40 valence electrons. The first-order chi connectivity index (χ1) is 3.13. The van der Waals surface area contributed by atoms with Gasteiger partial charge in [0.15, 0.2) is 0 Å². The number of nitrogens with one attached hydrogen (secondary N) is 1. The summed E-state index contributed by atoms with van der Waals surface area (Å²) in [5.41, 5.74) is 4.63. The maximum absolute atomic E-state index is 9.81. The highest BCUT2D eigenvalue weighted by Gasteiger charge is 1.90. The predicted octanol–water partition coefficient (Wildman–Crippen LogP) is -0.557. The van der Waals surface area contributed by atoms with E-state index in [1.165, 1.54) is 6.92 Å². The molecule has 0 bridgehead atoms. The van der Waals surface area contributed by atoms with Crippen LogP contribution in [0.5, 0.6) is 0 Å². The average molecular weight is 102 g/mol. The Morgan fingerprint density at radius 2 is 2.29 bits per heavy atom. The Hall–Kier alpha value is -1.06. The summed E-state index contributed by atoms with van der Waals surface area (Å²) in [5, 5.41) is 6.36. The molecule has 0 fully saturated rings. The topological polar surface area (TPSA) is 76.2 Å². The summed E-state index contributed by atoms with van der Waals surface area (Å²) in [6.45, 7) is 1.18. The fraction of sp³-hybridized carbons (Fsp3) is 0.333. The van der Waals surface area contributed by atoms with E-state index in [2.05, 4.69) is 10.5 Å². The molecule has 0 saturated carbocycles. The van der Waals surface area contributed by atoms with Gasteiger partial charge in [-0.3, -0.25) is 10.2 Å². The van der Waals surface area contributed by atoms with Crippen molar-refractivity contribution in [3.05, 3.63) is 0 Å². The van der Waals surface area contributed by atoms with Crippen LogP contribution in [0, 0.1) is 5.41 Å². The van der Waals surface area contributed by atoms with E-state index in [1.54, 1.807) is 0 Å². The van der Waals surface area contributed by atoms with Crippen molar-refractivity contribution < 1.29 is 9.53 Å². The average Bonchev–Trinajstić information content (AvgIpc) is 1.27. The summed E-state index contributed by atoms with van der Waals surface area (Å²) in [4.78, 5) is 9.81. The van der Waals surface area contributed by atoms with Crippen molar-refractivity contribution in [1.29, 1.82) is 5.41 Å². The molecule has 0 rings (SSSR count). The van der Waals surface area contributed by atoms with E-state index in [-0.39, 0.29) is 0 Å². The van der Waals surface area contributed by atoms with Gasteiger partial charge in [0.1, 0.15) is 0 Å². The van der Waals surface area contributed by atoms with Crippen molar-refractivity contribution in [1.82, 2.24) is 0 Å². The third-order valence-corrected chi connectivity index (χ3v) is 0.254. The number of hydrogen-bond acceptors (Lipinski definition) is 3. The van der Waals surface area contributed by atoms with Gasteiger partial charge in [-0.25, -0.2) is 0 Å². The molecule has 0 spiro atoms. The second-order valence-electron chi connectivity index (χ2n) is 0.958. The van der Waals surface area contributed by atoms with Crippen LogP contribution in [0.25, 0.3) is 0 Å². The molecule has 0 aromatic rings. The number of carbonyl (C=O) groups is 1. The summed E-state index contributed by atoms with van der Waals surface area (Å²) in [7, 11) is 0. The molecule has 0 atom stereocenters. The molecule has 0 amide bonds. The number of rotatable bonds is 0. The van der Waals surface area contributed by atoms with Crippen LogP contribution in [0.3, 0.4) is 0 Å². The van der Waals surface area contributed by atoms with Gasteiger partial charge < -0.3 is 10.5 Å². The van der Waals surface area contributed by atoms with Crippen molar-refractivity contribution >= 4 is 12.0 Å². The van der Waals surface area contributed by atoms with Crippen LogP contribution < -0.4 is 5.73 Å². The first kappa shape index (κ1) is 5.94. The highest BCUT2D eigenvalue weighted by molar-refractivity contribution is 5.83. The number of hydrogen-bond donors (Lipinski definition) is 2. The van der Waals surface area contributed by atoms with Crippen molar-refractivity contribution in [2.45, 2.75) is 6.92 Å². The van der Waals surface area contributed by atoms with Gasteiger partial charge in [-0.2, -0.15) is 0 Å². The van der Waals surface area contributed by atoms with Crippen molar-refractivity contribution in [2.24, 2.45) is 5.73 Å². The van der Waals surface area contributed by atoms with Gasteiger partial charge in [0.2, 0.25) is 0 Å². The molecule has 0 unspecified atom stereocenters. The third kappa shape index (κ3) is 4.94. The van der Waals surface area contributed by atoms with Crippen molar-refractivity contribution in [3.8, 4) is 0 Å². The molecule has 4 nitrogen and oxygen atoms in total. The SMILES string of the molecule is CC(=O)OC(=N)N. The van der Waals surface area contributed by atoms with Gasteiger partial charge in [-0.15, -0.1) is 0 Å². The van der Waals surface area contributed by atoms with E-state index in [1.807, 2.05) is 0 Å². The van der Waals surface area contributed by atoms with Crippen LogP contribution in [0.15, 0.2) is 0 Å². The Labute approximate surface area is 40.8 Å². The molecule has 0 aromatic carbocycles. The number of carbonyl (C=O) groups excluding carboxylic acids is 1. The minimum Gasteiger partial charge on any atom is -0.393 e. The number of nitrogens with two attached hydrogens (primary N) is 1. The van der Waals surface area contributed by atoms with Crippen LogP contribution in [-0.4, -0.2) is 12.0 Å². The number of amidine groups is 1. The Kier molecular flexibility index (Phi) is 1.84.